The lowest BCUT2D eigenvalue weighted by atomic mass is 10.1. The second-order valence-electron chi connectivity index (χ2n) is 6.38. The molecule has 3 rings (SSSR count). The summed E-state index contributed by atoms with van der Waals surface area (Å²) in [4.78, 5) is 12.6. The van der Waals surface area contributed by atoms with Crippen molar-refractivity contribution in [2.75, 3.05) is 5.32 Å². The van der Waals surface area contributed by atoms with Gasteiger partial charge in [0.2, 0.25) is 0 Å². The summed E-state index contributed by atoms with van der Waals surface area (Å²) in [6, 6.07) is 23.8. The minimum Gasteiger partial charge on any atom is -0.481 e. The van der Waals surface area contributed by atoms with Crippen molar-refractivity contribution in [3.05, 3.63) is 82.8 Å². The highest BCUT2D eigenvalue weighted by Crippen LogP contribution is 2.25. The van der Waals surface area contributed by atoms with Gasteiger partial charge in [-0.3, -0.25) is 4.79 Å². The maximum absolute atomic E-state index is 12.6. The Morgan fingerprint density at radius 2 is 1.67 bits per heavy atom. The average Bonchev–Trinajstić information content (AvgIpc) is 2.69. The Balaban J connectivity index is 1.68. The molecule has 0 saturated carbocycles. The fourth-order valence-corrected chi connectivity index (χ4v) is 3.37. The average molecular weight is 424 g/mol. The Kier molecular flexibility index (Phi) is 6.30. The van der Waals surface area contributed by atoms with Crippen molar-refractivity contribution in [2.45, 2.75) is 26.4 Å². The SMILES string of the molecule is CCC(Oc1ccc(-c2ccccc2)cc1)C(=O)Nc1ccc(C)cc1Br. The molecule has 0 spiro atoms. The van der Waals surface area contributed by atoms with Gasteiger partial charge in [-0.2, -0.15) is 0 Å². The Morgan fingerprint density at radius 3 is 2.30 bits per heavy atom. The van der Waals surface area contributed by atoms with Gasteiger partial charge in [-0.15, -0.1) is 0 Å². The maximum atomic E-state index is 12.6. The summed E-state index contributed by atoms with van der Waals surface area (Å²) in [7, 11) is 0. The standard InChI is InChI=1S/C23H22BrNO2/c1-3-22(23(26)25-21-14-9-16(2)15-20(21)24)27-19-12-10-18(11-13-19)17-7-5-4-6-8-17/h4-15,22H,3H2,1-2H3,(H,25,26). The molecule has 0 aromatic heterocycles. The number of halogens is 1. The van der Waals surface area contributed by atoms with Crippen LogP contribution in [0, 0.1) is 6.92 Å². The largest absolute Gasteiger partial charge is 0.481 e. The van der Waals surface area contributed by atoms with E-state index in [1.165, 1.54) is 0 Å². The fraction of sp³-hybridized carbons (Fsp3) is 0.174. The van der Waals surface area contributed by atoms with E-state index in [4.69, 9.17) is 4.74 Å². The van der Waals surface area contributed by atoms with Gasteiger partial charge in [0.05, 0.1) is 5.69 Å². The number of hydrogen-bond donors (Lipinski definition) is 1. The van der Waals surface area contributed by atoms with Crippen LogP contribution < -0.4 is 10.1 Å². The summed E-state index contributed by atoms with van der Waals surface area (Å²) < 4.78 is 6.78. The van der Waals surface area contributed by atoms with Crippen molar-refractivity contribution in [2.24, 2.45) is 0 Å². The topological polar surface area (TPSA) is 38.3 Å². The molecule has 1 unspecified atom stereocenters. The molecule has 0 heterocycles. The number of benzene rings is 3. The van der Waals surface area contributed by atoms with Crippen LogP contribution in [0.5, 0.6) is 5.75 Å². The third-order valence-corrected chi connectivity index (χ3v) is 4.94. The Labute approximate surface area is 168 Å². The first kappa shape index (κ1) is 19.2. The maximum Gasteiger partial charge on any atom is 0.265 e. The molecule has 0 fully saturated rings. The number of carbonyl (C=O) groups excluding carboxylic acids is 1. The molecule has 0 aliphatic rings. The van der Waals surface area contributed by atoms with E-state index in [1.807, 2.05) is 74.5 Å². The van der Waals surface area contributed by atoms with Crippen LogP contribution >= 0.6 is 15.9 Å². The second kappa shape index (κ2) is 8.87. The van der Waals surface area contributed by atoms with E-state index in [2.05, 4.69) is 33.4 Å². The minimum atomic E-state index is -0.555. The van der Waals surface area contributed by atoms with Crippen LogP contribution in [-0.4, -0.2) is 12.0 Å². The van der Waals surface area contributed by atoms with Crippen molar-refractivity contribution in [3.8, 4) is 16.9 Å². The van der Waals surface area contributed by atoms with Crippen LogP contribution in [0.25, 0.3) is 11.1 Å². The molecule has 0 saturated heterocycles. The smallest absolute Gasteiger partial charge is 0.265 e. The van der Waals surface area contributed by atoms with Gasteiger partial charge in [0, 0.05) is 4.47 Å². The highest BCUT2D eigenvalue weighted by atomic mass is 79.9. The number of anilines is 1. The van der Waals surface area contributed by atoms with Gasteiger partial charge >= 0.3 is 0 Å². The predicted molar refractivity (Wildman–Crippen MR) is 114 cm³/mol. The van der Waals surface area contributed by atoms with E-state index >= 15 is 0 Å². The molecule has 1 atom stereocenters. The van der Waals surface area contributed by atoms with Gasteiger partial charge in [-0.1, -0.05) is 55.5 Å². The number of amides is 1. The fourth-order valence-electron chi connectivity index (χ4n) is 2.78. The highest BCUT2D eigenvalue weighted by Gasteiger charge is 2.19. The van der Waals surface area contributed by atoms with Gasteiger partial charge in [-0.25, -0.2) is 0 Å². The van der Waals surface area contributed by atoms with Gasteiger partial charge in [0.1, 0.15) is 5.75 Å². The molecule has 0 aliphatic heterocycles. The van der Waals surface area contributed by atoms with Crippen LogP contribution in [0.4, 0.5) is 5.69 Å². The highest BCUT2D eigenvalue weighted by molar-refractivity contribution is 9.10. The normalized spacial score (nSPS) is 11.7. The lowest BCUT2D eigenvalue weighted by molar-refractivity contribution is -0.122. The zero-order valence-electron chi connectivity index (χ0n) is 15.4. The van der Waals surface area contributed by atoms with Crippen LogP contribution in [0.2, 0.25) is 0 Å². The van der Waals surface area contributed by atoms with E-state index in [0.29, 0.717) is 12.2 Å². The zero-order valence-corrected chi connectivity index (χ0v) is 17.0. The lowest BCUT2D eigenvalue weighted by Gasteiger charge is -2.18. The Hall–Kier alpha value is -2.59. The second-order valence-corrected chi connectivity index (χ2v) is 7.23. The van der Waals surface area contributed by atoms with E-state index < -0.39 is 6.10 Å². The summed E-state index contributed by atoms with van der Waals surface area (Å²) >= 11 is 3.49. The number of nitrogens with one attached hydrogen (secondary N) is 1. The van der Waals surface area contributed by atoms with Crippen LogP contribution in [0.15, 0.2) is 77.3 Å². The van der Waals surface area contributed by atoms with E-state index in [-0.39, 0.29) is 5.91 Å². The lowest BCUT2D eigenvalue weighted by Crippen LogP contribution is -2.32. The summed E-state index contributed by atoms with van der Waals surface area (Å²) in [6.07, 6.45) is 0.0243. The molecule has 0 bridgehead atoms. The van der Waals surface area contributed by atoms with Crippen molar-refractivity contribution >= 4 is 27.5 Å². The molecule has 138 valence electrons. The number of ether oxygens (including phenoxy) is 1. The van der Waals surface area contributed by atoms with Crippen LogP contribution in [-0.2, 0) is 4.79 Å². The van der Waals surface area contributed by atoms with Crippen molar-refractivity contribution < 1.29 is 9.53 Å². The number of aryl methyl sites for hydroxylation is 1. The van der Waals surface area contributed by atoms with Crippen molar-refractivity contribution in [3.63, 3.8) is 0 Å². The number of rotatable bonds is 6. The summed E-state index contributed by atoms with van der Waals surface area (Å²) in [5, 5.41) is 2.94. The summed E-state index contributed by atoms with van der Waals surface area (Å²) in [5.74, 6) is 0.522. The van der Waals surface area contributed by atoms with Crippen LogP contribution in [0.1, 0.15) is 18.9 Å². The molecule has 4 heteroatoms. The Morgan fingerprint density at radius 1 is 1.00 bits per heavy atom. The summed E-state index contributed by atoms with van der Waals surface area (Å²) in [5.41, 5.74) is 4.14. The number of carbonyl (C=O) groups is 1. The number of hydrogen-bond acceptors (Lipinski definition) is 2. The van der Waals surface area contributed by atoms with E-state index in [9.17, 15) is 4.79 Å². The van der Waals surface area contributed by atoms with Crippen LogP contribution in [0.3, 0.4) is 0 Å². The van der Waals surface area contributed by atoms with Gasteiger partial charge < -0.3 is 10.1 Å². The molecule has 0 radical (unpaired) electrons. The monoisotopic (exact) mass is 423 g/mol. The van der Waals surface area contributed by atoms with Gasteiger partial charge in [0.15, 0.2) is 6.10 Å². The van der Waals surface area contributed by atoms with Gasteiger partial charge in [-0.05, 0) is 70.2 Å². The first-order chi connectivity index (χ1) is 13.1. The predicted octanol–water partition coefficient (Wildman–Crippen LogP) is 6.22. The molecule has 1 N–H and O–H groups in total. The Bertz CT molecular complexity index is 907. The minimum absolute atomic E-state index is 0.158. The molecular weight excluding hydrogens is 402 g/mol. The molecule has 27 heavy (non-hydrogen) atoms. The van der Waals surface area contributed by atoms with Gasteiger partial charge in [0.25, 0.3) is 5.91 Å². The third kappa shape index (κ3) is 4.98. The van der Waals surface area contributed by atoms with Crippen molar-refractivity contribution in [1.82, 2.24) is 0 Å². The molecule has 3 aromatic carbocycles. The van der Waals surface area contributed by atoms with Crippen molar-refractivity contribution in [1.29, 1.82) is 0 Å². The quantitative estimate of drug-likeness (QED) is 0.510. The summed E-state index contributed by atoms with van der Waals surface area (Å²) in [6.45, 7) is 3.94. The molecular formula is C23H22BrNO2. The first-order valence-corrected chi connectivity index (χ1v) is 9.75. The molecule has 3 nitrogen and oxygen atoms in total. The first-order valence-electron chi connectivity index (χ1n) is 8.96. The van der Waals surface area contributed by atoms with E-state index in [1.54, 1.807) is 0 Å². The zero-order chi connectivity index (χ0) is 19.2. The molecule has 0 aliphatic carbocycles. The molecule has 3 aromatic rings. The third-order valence-electron chi connectivity index (χ3n) is 4.29. The molecule has 1 amide bonds. The van der Waals surface area contributed by atoms with E-state index in [0.717, 1.165) is 26.9 Å².